The Morgan fingerprint density at radius 1 is 0.967 bits per heavy atom. The van der Waals surface area contributed by atoms with Crippen LogP contribution in [-0.4, -0.2) is 67.1 Å². The van der Waals surface area contributed by atoms with Crippen LogP contribution in [0, 0.1) is 0 Å². The molecule has 2 aromatic rings. The van der Waals surface area contributed by atoms with Crippen LogP contribution in [0.1, 0.15) is 22.8 Å². The van der Waals surface area contributed by atoms with E-state index in [0.717, 1.165) is 18.2 Å². The van der Waals surface area contributed by atoms with E-state index in [0.29, 0.717) is 5.56 Å². The molecule has 0 aromatic heterocycles. The van der Waals surface area contributed by atoms with E-state index in [1.165, 1.54) is 25.1 Å². The summed E-state index contributed by atoms with van der Waals surface area (Å²) in [6.07, 6.45) is -4.28. The molecule has 160 valence electrons. The fraction of sp³-hybridized carbons (Fsp3) is 0.286. The largest absolute Gasteiger partial charge is 0.508 e. The van der Waals surface area contributed by atoms with Crippen LogP contribution in [0.5, 0.6) is 23.0 Å². The fourth-order valence-corrected chi connectivity index (χ4v) is 3.00. The van der Waals surface area contributed by atoms with Crippen LogP contribution in [0.3, 0.4) is 0 Å². The van der Waals surface area contributed by atoms with Crippen molar-refractivity contribution in [1.82, 2.24) is 0 Å². The summed E-state index contributed by atoms with van der Waals surface area (Å²) in [6.45, 7) is 1.46. The lowest BCUT2D eigenvalue weighted by atomic mass is 10.00. The highest BCUT2D eigenvalue weighted by molar-refractivity contribution is 6.10. The fourth-order valence-electron chi connectivity index (χ4n) is 3.00. The van der Waals surface area contributed by atoms with Gasteiger partial charge in [0.1, 0.15) is 46.9 Å². The number of aliphatic hydroxyl groups is 3. The Hall–Kier alpha value is -3.11. The van der Waals surface area contributed by atoms with Crippen LogP contribution < -0.4 is 4.74 Å². The molecule has 0 amide bonds. The van der Waals surface area contributed by atoms with Gasteiger partial charge in [0.05, 0.1) is 6.10 Å². The lowest BCUT2D eigenvalue weighted by Crippen LogP contribution is -2.58. The predicted molar refractivity (Wildman–Crippen MR) is 104 cm³/mol. The highest BCUT2D eigenvalue weighted by Crippen LogP contribution is 2.35. The van der Waals surface area contributed by atoms with Crippen molar-refractivity contribution in [3.8, 4) is 23.0 Å². The van der Waals surface area contributed by atoms with Crippen LogP contribution in [0.4, 0.5) is 0 Å². The van der Waals surface area contributed by atoms with Gasteiger partial charge in [0.2, 0.25) is 6.29 Å². The normalized spacial score (nSPS) is 26.6. The molecule has 1 aliphatic heterocycles. The van der Waals surface area contributed by atoms with Gasteiger partial charge in [0, 0.05) is 12.1 Å². The molecule has 1 fully saturated rings. The molecule has 3 rings (SSSR count). The summed E-state index contributed by atoms with van der Waals surface area (Å²) < 4.78 is 10.8. The third-order valence-electron chi connectivity index (χ3n) is 4.68. The van der Waals surface area contributed by atoms with E-state index < -0.39 is 48.0 Å². The number of hydrogen-bond acceptors (Lipinski definition) is 9. The number of aromatic hydroxyl groups is 3. The van der Waals surface area contributed by atoms with Gasteiger partial charge in [-0.25, -0.2) is 0 Å². The molecule has 1 heterocycles. The lowest BCUT2D eigenvalue weighted by Gasteiger charge is -2.39. The lowest BCUT2D eigenvalue weighted by molar-refractivity contribution is -0.268. The Morgan fingerprint density at radius 2 is 1.63 bits per heavy atom. The third-order valence-corrected chi connectivity index (χ3v) is 4.68. The monoisotopic (exact) mass is 418 g/mol. The molecular formula is C21H22O9. The van der Waals surface area contributed by atoms with Gasteiger partial charge >= 0.3 is 0 Å². The van der Waals surface area contributed by atoms with Gasteiger partial charge in [0.15, 0.2) is 5.78 Å². The van der Waals surface area contributed by atoms with Crippen molar-refractivity contribution >= 4 is 11.9 Å². The predicted octanol–water partition coefficient (Wildman–Crippen LogP) is 0.906. The van der Waals surface area contributed by atoms with Crippen molar-refractivity contribution in [1.29, 1.82) is 0 Å². The maximum atomic E-state index is 12.7. The molecule has 30 heavy (non-hydrogen) atoms. The molecule has 1 saturated heterocycles. The third kappa shape index (κ3) is 4.55. The smallest absolute Gasteiger partial charge is 0.229 e. The Balaban J connectivity index is 1.88. The first-order chi connectivity index (χ1) is 14.2. The number of rotatable bonds is 5. The van der Waals surface area contributed by atoms with E-state index in [9.17, 15) is 35.4 Å². The van der Waals surface area contributed by atoms with Gasteiger partial charge in [-0.05, 0) is 30.7 Å². The van der Waals surface area contributed by atoms with E-state index in [2.05, 4.69) is 0 Å². The Morgan fingerprint density at radius 3 is 2.30 bits per heavy atom. The number of ether oxygens (including phenoxy) is 2. The van der Waals surface area contributed by atoms with Crippen LogP contribution in [-0.2, 0) is 4.74 Å². The Labute approximate surface area is 171 Å². The van der Waals surface area contributed by atoms with Gasteiger partial charge < -0.3 is 40.1 Å². The topological polar surface area (TPSA) is 157 Å². The van der Waals surface area contributed by atoms with Crippen molar-refractivity contribution in [2.45, 2.75) is 37.6 Å². The van der Waals surface area contributed by atoms with Gasteiger partial charge in [0.25, 0.3) is 0 Å². The molecule has 2 aromatic carbocycles. The molecule has 0 radical (unpaired) electrons. The molecule has 5 atom stereocenters. The first kappa shape index (κ1) is 21.6. The second kappa shape index (κ2) is 8.72. The molecule has 0 saturated carbocycles. The number of phenolic OH excluding ortho intramolecular Hbond substituents is 3. The molecule has 9 nitrogen and oxygen atoms in total. The number of ketones is 1. The number of phenols is 3. The number of benzene rings is 2. The number of carbonyl (C=O) groups is 1. The van der Waals surface area contributed by atoms with E-state index in [4.69, 9.17) is 9.47 Å². The standard InChI is InChI=1S/C21H22O9/c1-10-18(26)19(27)20(28)21(29-10)30-16-9-13(23)8-15(25)17(16)14(24)7-4-11-2-5-12(22)6-3-11/h2-10,18-23,25-28H,1H3/b7-4+/t10-,18-,19+,20-,21+/m0/s1. The molecule has 6 N–H and O–H groups in total. The molecule has 0 spiro atoms. The highest BCUT2D eigenvalue weighted by Gasteiger charge is 2.43. The van der Waals surface area contributed by atoms with E-state index in [1.54, 1.807) is 12.1 Å². The Bertz CT molecular complexity index is 938. The van der Waals surface area contributed by atoms with Gasteiger partial charge in [-0.2, -0.15) is 0 Å². The maximum Gasteiger partial charge on any atom is 0.229 e. The van der Waals surface area contributed by atoms with E-state index in [1.807, 2.05) is 0 Å². The first-order valence-electron chi connectivity index (χ1n) is 9.11. The van der Waals surface area contributed by atoms with Crippen molar-refractivity contribution in [2.24, 2.45) is 0 Å². The van der Waals surface area contributed by atoms with Crippen molar-refractivity contribution < 1.29 is 44.9 Å². The quantitative estimate of drug-likeness (QED) is 0.307. The summed E-state index contributed by atoms with van der Waals surface area (Å²) >= 11 is 0. The molecular weight excluding hydrogens is 396 g/mol. The average Bonchev–Trinajstić information content (AvgIpc) is 2.69. The van der Waals surface area contributed by atoms with Crippen LogP contribution >= 0.6 is 0 Å². The summed E-state index contributed by atoms with van der Waals surface area (Å²) in [5.74, 6) is -1.86. The summed E-state index contributed by atoms with van der Waals surface area (Å²) in [5.41, 5.74) is 0.311. The summed E-state index contributed by atoms with van der Waals surface area (Å²) in [6, 6.07) is 8.05. The zero-order valence-corrected chi connectivity index (χ0v) is 15.9. The van der Waals surface area contributed by atoms with Crippen molar-refractivity contribution in [3.63, 3.8) is 0 Å². The molecule has 0 aliphatic carbocycles. The van der Waals surface area contributed by atoms with Crippen molar-refractivity contribution in [3.05, 3.63) is 53.6 Å². The maximum absolute atomic E-state index is 12.7. The summed E-state index contributed by atoms with van der Waals surface area (Å²) in [5, 5.41) is 59.1. The van der Waals surface area contributed by atoms with Crippen LogP contribution in [0.25, 0.3) is 6.08 Å². The number of hydrogen-bond donors (Lipinski definition) is 6. The second-order valence-corrected chi connectivity index (χ2v) is 6.93. The van der Waals surface area contributed by atoms with E-state index in [-0.39, 0.29) is 17.1 Å². The summed E-state index contributed by atoms with van der Waals surface area (Å²) in [7, 11) is 0. The second-order valence-electron chi connectivity index (χ2n) is 6.93. The molecule has 0 bridgehead atoms. The van der Waals surface area contributed by atoms with Gasteiger partial charge in [-0.15, -0.1) is 0 Å². The number of allylic oxidation sites excluding steroid dienone is 1. The highest BCUT2D eigenvalue weighted by atomic mass is 16.7. The summed E-state index contributed by atoms with van der Waals surface area (Å²) in [4.78, 5) is 12.7. The van der Waals surface area contributed by atoms with Crippen LogP contribution in [0.15, 0.2) is 42.5 Å². The minimum Gasteiger partial charge on any atom is -0.508 e. The minimum atomic E-state index is -1.64. The molecule has 9 heteroatoms. The van der Waals surface area contributed by atoms with E-state index >= 15 is 0 Å². The zero-order valence-electron chi connectivity index (χ0n) is 15.9. The van der Waals surface area contributed by atoms with Crippen molar-refractivity contribution in [2.75, 3.05) is 0 Å². The average molecular weight is 418 g/mol. The van der Waals surface area contributed by atoms with Gasteiger partial charge in [-0.1, -0.05) is 18.2 Å². The SMILES string of the molecule is C[C@@H]1O[C@H](Oc2cc(O)cc(O)c2C(=O)/C=C/c2ccc(O)cc2)[C@@H](O)[C@H](O)[C@H]1O. The van der Waals surface area contributed by atoms with Crippen LogP contribution in [0.2, 0.25) is 0 Å². The molecule has 0 unspecified atom stereocenters. The van der Waals surface area contributed by atoms with Gasteiger partial charge in [-0.3, -0.25) is 4.79 Å². The number of carbonyl (C=O) groups excluding carboxylic acids is 1. The first-order valence-corrected chi connectivity index (χ1v) is 9.11. The Kier molecular flexibility index (Phi) is 6.28. The minimum absolute atomic E-state index is 0.0675. The number of aliphatic hydroxyl groups excluding tert-OH is 3. The zero-order chi connectivity index (χ0) is 22.0. The molecule has 1 aliphatic rings.